The molecule has 0 spiro atoms. The second-order valence-electron chi connectivity index (χ2n) is 4.88. The van der Waals surface area contributed by atoms with Gasteiger partial charge in [-0.05, 0) is 36.6 Å². The lowest BCUT2D eigenvalue weighted by atomic mass is 10.0. The van der Waals surface area contributed by atoms with Crippen molar-refractivity contribution in [2.24, 2.45) is 5.73 Å². The molecule has 0 radical (unpaired) electrons. The zero-order valence-electron chi connectivity index (χ0n) is 10.7. The Kier molecular flexibility index (Phi) is 3.83. The van der Waals surface area contributed by atoms with Crippen molar-refractivity contribution < 1.29 is 4.74 Å². The molecule has 5 heteroatoms. The zero-order chi connectivity index (χ0) is 14.1. The first-order valence-electron chi connectivity index (χ1n) is 6.46. The maximum absolute atomic E-state index is 6.20. The van der Waals surface area contributed by atoms with Gasteiger partial charge in [0, 0.05) is 6.20 Å². The molecule has 3 rings (SSSR count). The van der Waals surface area contributed by atoms with Crippen LogP contribution in [0, 0.1) is 0 Å². The van der Waals surface area contributed by atoms with E-state index in [1.807, 2.05) is 24.3 Å². The van der Waals surface area contributed by atoms with E-state index in [4.69, 9.17) is 33.7 Å². The van der Waals surface area contributed by atoms with Crippen molar-refractivity contribution in [1.82, 2.24) is 4.98 Å². The highest BCUT2D eigenvalue weighted by molar-refractivity contribution is 6.34. The van der Waals surface area contributed by atoms with Crippen LogP contribution in [-0.4, -0.2) is 11.1 Å². The van der Waals surface area contributed by atoms with E-state index in [1.54, 1.807) is 12.3 Å². The first-order chi connectivity index (χ1) is 9.63. The van der Waals surface area contributed by atoms with Crippen molar-refractivity contribution >= 4 is 23.2 Å². The van der Waals surface area contributed by atoms with Crippen LogP contribution in [0.3, 0.4) is 0 Å². The average molecular weight is 309 g/mol. The van der Waals surface area contributed by atoms with E-state index in [-0.39, 0.29) is 6.04 Å². The number of halogens is 2. The minimum Gasteiger partial charge on any atom is -0.490 e. The molecule has 0 saturated heterocycles. The van der Waals surface area contributed by atoms with Gasteiger partial charge in [-0.15, -0.1) is 0 Å². The molecule has 3 nitrogen and oxygen atoms in total. The quantitative estimate of drug-likeness (QED) is 0.929. The first-order valence-corrected chi connectivity index (χ1v) is 7.22. The molecule has 0 aliphatic heterocycles. The Morgan fingerprint density at radius 3 is 2.50 bits per heavy atom. The highest BCUT2D eigenvalue weighted by Crippen LogP contribution is 2.30. The van der Waals surface area contributed by atoms with E-state index in [1.165, 1.54) is 0 Å². The van der Waals surface area contributed by atoms with Crippen LogP contribution in [0.1, 0.15) is 30.1 Å². The molecule has 1 aromatic heterocycles. The molecule has 104 valence electrons. The summed E-state index contributed by atoms with van der Waals surface area (Å²) in [5.41, 5.74) is 7.75. The zero-order valence-corrected chi connectivity index (χ0v) is 12.2. The maximum atomic E-state index is 6.20. The molecular weight excluding hydrogens is 295 g/mol. The van der Waals surface area contributed by atoms with E-state index in [0.717, 1.165) is 24.2 Å². The topological polar surface area (TPSA) is 48.1 Å². The first kappa shape index (κ1) is 13.7. The Morgan fingerprint density at radius 1 is 1.20 bits per heavy atom. The van der Waals surface area contributed by atoms with E-state index in [2.05, 4.69) is 4.98 Å². The monoisotopic (exact) mass is 308 g/mol. The van der Waals surface area contributed by atoms with Crippen LogP contribution < -0.4 is 10.5 Å². The number of hydrogen-bond acceptors (Lipinski definition) is 3. The summed E-state index contributed by atoms with van der Waals surface area (Å²) in [6.45, 7) is 0. The van der Waals surface area contributed by atoms with Crippen LogP contribution in [0.4, 0.5) is 0 Å². The fourth-order valence-electron chi connectivity index (χ4n) is 1.94. The molecule has 1 aromatic carbocycles. The summed E-state index contributed by atoms with van der Waals surface area (Å²) in [5, 5.41) is 0.974. The summed E-state index contributed by atoms with van der Waals surface area (Å²) in [7, 11) is 0. The Bertz CT molecular complexity index is 612. The lowest BCUT2D eigenvalue weighted by Gasteiger charge is -2.14. The van der Waals surface area contributed by atoms with Crippen molar-refractivity contribution in [3.05, 3.63) is 57.8 Å². The van der Waals surface area contributed by atoms with Gasteiger partial charge in [0.1, 0.15) is 5.75 Å². The van der Waals surface area contributed by atoms with E-state index < -0.39 is 0 Å². The summed E-state index contributed by atoms with van der Waals surface area (Å²) in [4.78, 5) is 4.21. The molecular formula is C15H14Cl2N2O. The third kappa shape index (κ3) is 3.06. The highest BCUT2D eigenvalue weighted by atomic mass is 35.5. The SMILES string of the molecule is NC(c1ccc(OC2CC2)cc1)c1ncc(Cl)cc1Cl. The third-order valence-corrected chi connectivity index (χ3v) is 3.71. The van der Waals surface area contributed by atoms with Crippen LogP contribution >= 0.6 is 23.2 Å². The Labute approximate surface area is 127 Å². The number of nitrogens with two attached hydrogens (primary N) is 1. The van der Waals surface area contributed by atoms with Crippen molar-refractivity contribution in [1.29, 1.82) is 0 Å². The van der Waals surface area contributed by atoms with Gasteiger partial charge in [-0.1, -0.05) is 35.3 Å². The van der Waals surface area contributed by atoms with Crippen molar-refractivity contribution in [2.75, 3.05) is 0 Å². The van der Waals surface area contributed by atoms with Gasteiger partial charge in [-0.25, -0.2) is 0 Å². The van der Waals surface area contributed by atoms with Crippen molar-refractivity contribution in [3.8, 4) is 5.75 Å². The number of rotatable bonds is 4. The van der Waals surface area contributed by atoms with Crippen LogP contribution in [-0.2, 0) is 0 Å². The summed E-state index contributed by atoms with van der Waals surface area (Å²) < 4.78 is 5.71. The molecule has 2 N–H and O–H groups in total. The second kappa shape index (κ2) is 5.60. The van der Waals surface area contributed by atoms with Gasteiger partial charge in [-0.3, -0.25) is 4.98 Å². The van der Waals surface area contributed by atoms with Gasteiger partial charge in [0.15, 0.2) is 0 Å². The van der Waals surface area contributed by atoms with E-state index in [0.29, 0.717) is 21.8 Å². The van der Waals surface area contributed by atoms with Gasteiger partial charge in [0.05, 0.1) is 27.9 Å². The smallest absolute Gasteiger partial charge is 0.119 e. The van der Waals surface area contributed by atoms with Crippen molar-refractivity contribution in [2.45, 2.75) is 25.0 Å². The fraction of sp³-hybridized carbons (Fsp3) is 0.267. The van der Waals surface area contributed by atoms with Crippen molar-refractivity contribution in [3.63, 3.8) is 0 Å². The summed E-state index contributed by atoms with van der Waals surface area (Å²) >= 11 is 12.0. The summed E-state index contributed by atoms with van der Waals surface area (Å²) in [5.74, 6) is 0.874. The van der Waals surface area contributed by atoms with Crippen LogP contribution in [0.2, 0.25) is 10.0 Å². The predicted molar refractivity (Wildman–Crippen MR) is 80.4 cm³/mol. The Hall–Kier alpha value is -1.29. The summed E-state index contributed by atoms with van der Waals surface area (Å²) in [6.07, 6.45) is 4.23. The molecule has 1 saturated carbocycles. The molecule has 1 heterocycles. The molecule has 1 fully saturated rings. The normalized spacial score (nSPS) is 15.9. The number of benzene rings is 1. The van der Waals surface area contributed by atoms with Gasteiger partial charge in [-0.2, -0.15) is 0 Å². The number of aromatic nitrogens is 1. The predicted octanol–water partition coefficient (Wildman–Crippen LogP) is 3.98. The second-order valence-corrected chi connectivity index (χ2v) is 5.73. The number of nitrogens with zero attached hydrogens (tertiary/aromatic N) is 1. The Balaban J connectivity index is 1.80. The van der Waals surface area contributed by atoms with Gasteiger partial charge >= 0.3 is 0 Å². The molecule has 1 unspecified atom stereocenters. The van der Waals surface area contributed by atoms with E-state index >= 15 is 0 Å². The summed E-state index contributed by atoms with van der Waals surface area (Å²) in [6, 6.07) is 9.00. The molecule has 1 atom stereocenters. The average Bonchev–Trinajstić information content (AvgIpc) is 3.23. The van der Waals surface area contributed by atoms with E-state index in [9.17, 15) is 0 Å². The number of ether oxygens (including phenoxy) is 1. The lowest BCUT2D eigenvalue weighted by Crippen LogP contribution is -2.14. The molecule has 2 aromatic rings. The fourth-order valence-corrected chi connectivity index (χ4v) is 2.44. The van der Waals surface area contributed by atoms with Gasteiger partial charge in [0.2, 0.25) is 0 Å². The largest absolute Gasteiger partial charge is 0.490 e. The van der Waals surface area contributed by atoms with Gasteiger partial charge in [0.25, 0.3) is 0 Å². The van der Waals surface area contributed by atoms with Crippen LogP contribution in [0.5, 0.6) is 5.75 Å². The standard InChI is InChI=1S/C15H14Cl2N2O/c16-10-7-13(17)15(19-8-10)14(18)9-1-3-11(4-2-9)20-12-5-6-12/h1-4,7-8,12,14H,5-6,18H2. The lowest BCUT2D eigenvalue weighted by molar-refractivity contribution is 0.303. The molecule has 1 aliphatic carbocycles. The molecule has 1 aliphatic rings. The Morgan fingerprint density at radius 2 is 1.90 bits per heavy atom. The van der Waals surface area contributed by atoms with Gasteiger partial charge < -0.3 is 10.5 Å². The minimum absolute atomic E-state index is 0.380. The van der Waals surface area contributed by atoms with Crippen LogP contribution in [0.25, 0.3) is 0 Å². The highest BCUT2D eigenvalue weighted by Gasteiger charge is 2.23. The number of hydrogen-bond donors (Lipinski definition) is 1. The maximum Gasteiger partial charge on any atom is 0.119 e. The van der Waals surface area contributed by atoms with Crippen LogP contribution in [0.15, 0.2) is 36.5 Å². The number of pyridine rings is 1. The molecule has 20 heavy (non-hydrogen) atoms. The third-order valence-electron chi connectivity index (χ3n) is 3.20. The molecule has 0 amide bonds. The molecule has 0 bridgehead atoms. The minimum atomic E-state index is -0.380.